The second kappa shape index (κ2) is 7.90. The first-order valence-corrected chi connectivity index (χ1v) is 8.33. The van der Waals surface area contributed by atoms with Crippen LogP contribution in [0.1, 0.15) is 28.5 Å². The maximum Gasteiger partial charge on any atom is 0.273 e. The number of rotatable bonds is 6. The molecule has 7 heteroatoms. The van der Waals surface area contributed by atoms with Gasteiger partial charge in [0.1, 0.15) is 0 Å². The van der Waals surface area contributed by atoms with E-state index in [1.807, 2.05) is 43.3 Å². The van der Waals surface area contributed by atoms with E-state index in [1.165, 1.54) is 0 Å². The van der Waals surface area contributed by atoms with E-state index in [0.29, 0.717) is 18.0 Å². The van der Waals surface area contributed by atoms with Gasteiger partial charge in [0, 0.05) is 23.5 Å². The van der Waals surface area contributed by atoms with Gasteiger partial charge >= 0.3 is 0 Å². The molecule has 1 unspecified atom stereocenters. The van der Waals surface area contributed by atoms with Gasteiger partial charge in [-0.1, -0.05) is 41.1 Å². The minimum absolute atomic E-state index is 0.0367. The fourth-order valence-electron chi connectivity index (χ4n) is 2.50. The Morgan fingerprint density at radius 1 is 1.28 bits per heavy atom. The molecule has 3 rings (SSSR count). The van der Waals surface area contributed by atoms with Gasteiger partial charge in [-0.25, -0.2) is 4.68 Å². The highest BCUT2D eigenvalue weighted by molar-refractivity contribution is 6.31. The molecule has 0 aliphatic rings. The SMILES string of the molecule is CC(Cc1cccnc1)NC(=O)c1cn(Cc2ccccc2Cl)nn1. The van der Waals surface area contributed by atoms with Crippen molar-refractivity contribution in [3.63, 3.8) is 0 Å². The van der Waals surface area contributed by atoms with Crippen LogP contribution in [0.3, 0.4) is 0 Å². The molecule has 1 amide bonds. The topological polar surface area (TPSA) is 72.7 Å². The van der Waals surface area contributed by atoms with Gasteiger partial charge in [0.2, 0.25) is 0 Å². The maximum absolute atomic E-state index is 12.3. The average Bonchev–Trinajstić information content (AvgIpc) is 3.06. The molecule has 0 saturated heterocycles. The van der Waals surface area contributed by atoms with Crippen LogP contribution in [-0.4, -0.2) is 31.9 Å². The molecule has 6 nitrogen and oxygen atoms in total. The largest absolute Gasteiger partial charge is 0.348 e. The molecule has 1 N–H and O–H groups in total. The molecule has 2 aromatic heterocycles. The quantitative estimate of drug-likeness (QED) is 0.738. The van der Waals surface area contributed by atoms with Crippen LogP contribution in [0.15, 0.2) is 55.0 Å². The highest BCUT2D eigenvalue weighted by Crippen LogP contribution is 2.15. The van der Waals surface area contributed by atoms with Crippen LogP contribution in [0.2, 0.25) is 5.02 Å². The number of nitrogens with zero attached hydrogens (tertiary/aromatic N) is 4. The number of hydrogen-bond acceptors (Lipinski definition) is 4. The smallest absolute Gasteiger partial charge is 0.273 e. The molecule has 0 aliphatic heterocycles. The molecule has 0 radical (unpaired) electrons. The van der Waals surface area contributed by atoms with Crippen molar-refractivity contribution in [3.05, 3.63) is 76.8 Å². The van der Waals surface area contributed by atoms with Gasteiger partial charge in [-0.15, -0.1) is 5.10 Å². The summed E-state index contributed by atoms with van der Waals surface area (Å²) in [7, 11) is 0. The Morgan fingerprint density at radius 2 is 2.12 bits per heavy atom. The van der Waals surface area contributed by atoms with Crippen molar-refractivity contribution in [2.75, 3.05) is 0 Å². The van der Waals surface area contributed by atoms with Gasteiger partial charge in [-0.3, -0.25) is 9.78 Å². The van der Waals surface area contributed by atoms with Crippen LogP contribution in [0.5, 0.6) is 0 Å². The van der Waals surface area contributed by atoms with Gasteiger partial charge in [-0.2, -0.15) is 0 Å². The summed E-state index contributed by atoms with van der Waals surface area (Å²) in [6.07, 6.45) is 5.84. The number of nitrogens with one attached hydrogen (secondary N) is 1. The first kappa shape index (κ1) is 17.1. The van der Waals surface area contributed by atoms with E-state index in [1.54, 1.807) is 23.3 Å². The second-order valence-corrected chi connectivity index (χ2v) is 6.24. The van der Waals surface area contributed by atoms with Crippen molar-refractivity contribution in [3.8, 4) is 0 Å². The normalized spacial score (nSPS) is 11.9. The lowest BCUT2D eigenvalue weighted by molar-refractivity contribution is 0.0935. The zero-order valence-electron chi connectivity index (χ0n) is 13.8. The molecule has 0 saturated carbocycles. The first-order chi connectivity index (χ1) is 12.1. The molecule has 0 fully saturated rings. The van der Waals surface area contributed by atoms with Crippen LogP contribution < -0.4 is 5.32 Å². The Bertz CT molecular complexity index is 849. The molecule has 0 spiro atoms. The maximum atomic E-state index is 12.3. The fraction of sp³-hybridized carbons (Fsp3) is 0.222. The lowest BCUT2D eigenvalue weighted by Crippen LogP contribution is -2.34. The van der Waals surface area contributed by atoms with Crippen molar-refractivity contribution >= 4 is 17.5 Å². The third-order valence-corrected chi connectivity index (χ3v) is 4.07. The standard InChI is InChI=1S/C18H18ClN5O/c1-13(9-14-5-4-8-20-10-14)21-18(25)17-12-24(23-22-17)11-15-6-2-3-7-16(15)19/h2-8,10,12-13H,9,11H2,1H3,(H,21,25). The predicted octanol–water partition coefficient (Wildman–Crippen LogP) is 2.74. The predicted molar refractivity (Wildman–Crippen MR) is 95.4 cm³/mol. The van der Waals surface area contributed by atoms with Crippen molar-refractivity contribution in [1.29, 1.82) is 0 Å². The number of aromatic nitrogens is 4. The first-order valence-electron chi connectivity index (χ1n) is 7.95. The van der Waals surface area contributed by atoms with Crippen LogP contribution in [-0.2, 0) is 13.0 Å². The van der Waals surface area contributed by atoms with Crippen LogP contribution in [0.25, 0.3) is 0 Å². The van der Waals surface area contributed by atoms with Gasteiger partial charge in [-0.05, 0) is 36.6 Å². The zero-order valence-corrected chi connectivity index (χ0v) is 14.5. The summed E-state index contributed by atoms with van der Waals surface area (Å²) in [5.74, 6) is -0.248. The molecular weight excluding hydrogens is 338 g/mol. The third kappa shape index (κ3) is 4.64. The Hall–Kier alpha value is -2.73. The molecule has 3 aromatic rings. The van der Waals surface area contributed by atoms with Gasteiger partial charge < -0.3 is 5.32 Å². The minimum Gasteiger partial charge on any atom is -0.348 e. The average molecular weight is 356 g/mol. The van der Waals surface area contributed by atoms with E-state index in [-0.39, 0.29) is 17.6 Å². The summed E-state index contributed by atoms with van der Waals surface area (Å²) in [4.78, 5) is 16.4. The summed E-state index contributed by atoms with van der Waals surface area (Å²) in [6, 6.07) is 11.3. The van der Waals surface area contributed by atoms with Crippen LogP contribution >= 0.6 is 11.6 Å². The van der Waals surface area contributed by atoms with E-state index >= 15 is 0 Å². The van der Waals surface area contributed by atoms with E-state index < -0.39 is 0 Å². The Labute approximate surface area is 150 Å². The van der Waals surface area contributed by atoms with Gasteiger partial charge in [0.15, 0.2) is 5.69 Å². The fourth-order valence-corrected chi connectivity index (χ4v) is 2.70. The molecule has 128 valence electrons. The van der Waals surface area contributed by atoms with Gasteiger partial charge in [0.25, 0.3) is 5.91 Å². The number of pyridine rings is 1. The highest BCUT2D eigenvalue weighted by Gasteiger charge is 2.14. The molecule has 1 aromatic carbocycles. The number of halogens is 1. The van der Waals surface area contributed by atoms with Crippen LogP contribution in [0, 0.1) is 0 Å². The summed E-state index contributed by atoms with van der Waals surface area (Å²) >= 11 is 6.14. The van der Waals surface area contributed by atoms with Crippen molar-refractivity contribution in [1.82, 2.24) is 25.3 Å². The minimum atomic E-state index is -0.248. The van der Waals surface area contributed by atoms with E-state index in [2.05, 4.69) is 20.6 Å². The van der Waals surface area contributed by atoms with Crippen molar-refractivity contribution in [2.24, 2.45) is 0 Å². The van der Waals surface area contributed by atoms with E-state index in [9.17, 15) is 4.79 Å². The molecule has 0 bridgehead atoms. The lowest BCUT2D eigenvalue weighted by Gasteiger charge is -2.12. The number of hydrogen-bond donors (Lipinski definition) is 1. The third-order valence-electron chi connectivity index (χ3n) is 3.70. The lowest BCUT2D eigenvalue weighted by atomic mass is 10.1. The summed E-state index contributed by atoms with van der Waals surface area (Å²) in [5.41, 5.74) is 2.27. The Morgan fingerprint density at radius 3 is 2.88 bits per heavy atom. The summed E-state index contributed by atoms with van der Waals surface area (Å²) < 4.78 is 1.60. The number of carbonyl (C=O) groups excluding carboxylic acids is 1. The Kier molecular flexibility index (Phi) is 5.40. The van der Waals surface area contributed by atoms with Crippen molar-refractivity contribution < 1.29 is 4.79 Å². The Balaban J connectivity index is 1.60. The molecule has 1 atom stereocenters. The van der Waals surface area contributed by atoms with Crippen LogP contribution in [0.4, 0.5) is 0 Å². The zero-order chi connectivity index (χ0) is 17.6. The highest BCUT2D eigenvalue weighted by atomic mass is 35.5. The monoisotopic (exact) mass is 355 g/mol. The molecule has 0 aliphatic carbocycles. The molecule has 25 heavy (non-hydrogen) atoms. The second-order valence-electron chi connectivity index (χ2n) is 5.83. The van der Waals surface area contributed by atoms with E-state index in [0.717, 1.165) is 11.1 Å². The van der Waals surface area contributed by atoms with Gasteiger partial charge in [0.05, 0.1) is 12.7 Å². The summed E-state index contributed by atoms with van der Waals surface area (Å²) in [5, 5.41) is 11.5. The summed E-state index contributed by atoms with van der Waals surface area (Å²) in [6.45, 7) is 2.41. The molecule has 2 heterocycles. The van der Waals surface area contributed by atoms with E-state index in [4.69, 9.17) is 11.6 Å². The van der Waals surface area contributed by atoms with Crippen molar-refractivity contribution in [2.45, 2.75) is 25.9 Å². The number of carbonyl (C=O) groups is 1. The number of amides is 1. The molecular formula is C18H18ClN5O. The number of benzene rings is 1.